The van der Waals surface area contributed by atoms with Crippen molar-refractivity contribution in [2.75, 3.05) is 0 Å². The van der Waals surface area contributed by atoms with Crippen molar-refractivity contribution >= 4 is 109 Å². The molecule has 20 rings (SSSR count). The third-order valence-electron chi connectivity index (χ3n) is 21.0. The van der Waals surface area contributed by atoms with Gasteiger partial charge in [0.25, 0.3) is 0 Å². The zero-order chi connectivity index (χ0) is 62.6. The van der Waals surface area contributed by atoms with Gasteiger partial charge >= 0.3 is 0 Å². The van der Waals surface area contributed by atoms with Gasteiger partial charge in [0.1, 0.15) is 22.3 Å². The number of rotatable bonds is 7. The average Bonchev–Trinajstić information content (AvgIpc) is 1.66. The highest BCUT2D eigenvalue weighted by molar-refractivity contribution is 6.29. The Morgan fingerprint density at radius 2 is 0.621 bits per heavy atom. The van der Waals surface area contributed by atoms with E-state index in [2.05, 4.69) is 329 Å². The smallest absolute Gasteiger partial charge is 0.143 e. The van der Waals surface area contributed by atoms with E-state index in [1.807, 2.05) is 0 Å². The van der Waals surface area contributed by atoms with E-state index in [-0.39, 0.29) is 5.41 Å². The average molecular weight is 1210 g/mol. The molecule has 2 heterocycles. The van der Waals surface area contributed by atoms with Gasteiger partial charge in [-0.15, -0.1) is 0 Å². The first-order valence-corrected chi connectivity index (χ1v) is 33.0. The highest BCUT2D eigenvalue weighted by Crippen LogP contribution is 2.56. The summed E-state index contributed by atoms with van der Waals surface area (Å²) in [4.78, 5) is 0. The Kier molecular flexibility index (Phi) is 11.5. The topological polar surface area (TPSA) is 26.3 Å². The molecule has 0 spiro atoms. The minimum atomic E-state index is -0.120. The van der Waals surface area contributed by atoms with E-state index in [0.29, 0.717) is 0 Å². The molecule has 1 aliphatic rings. The molecule has 17 aromatic carbocycles. The molecule has 0 bridgehead atoms. The van der Waals surface area contributed by atoms with Crippen molar-refractivity contribution in [3.63, 3.8) is 0 Å². The molecule has 0 amide bonds. The molecule has 0 atom stereocenters. The fraction of sp³-hybridized carbons (Fsp3) is 0.0323. The molecule has 0 saturated carbocycles. The van der Waals surface area contributed by atoms with E-state index in [1.165, 1.54) is 120 Å². The lowest BCUT2D eigenvalue weighted by atomic mass is 9.80. The van der Waals surface area contributed by atoms with Crippen molar-refractivity contribution in [3.05, 3.63) is 327 Å². The van der Waals surface area contributed by atoms with Gasteiger partial charge in [0.05, 0.1) is 0 Å². The van der Waals surface area contributed by atoms with E-state index >= 15 is 0 Å². The number of furan rings is 2. The maximum Gasteiger partial charge on any atom is 0.143 e. The lowest BCUT2D eigenvalue weighted by molar-refractivity contribution is 0.660. The molecule has 0 saturated heterocycles. The molecule has 2 nitrogen and oxygen atoms in total. The molecule has 19 aromatic rings. The van der Waals surface area contributed by atoms with Gasteiger partial charge in [0.15, 0.2) is 0 Å². The summed E-state index contributed by atoms with van der Waals surface area (Å²) in [5.41, 5.74) is 25.4. The second-order valence-electron chi connectivity index (χ2n) is 26.5. The SMILES string of the molecule is CC1(C)c2ccccc2-c2c(-c3c4ccccc4c(-c4ccc(-c5ccc(-c6ccc(-c7c8ccccc8c(-c8cccc(-c9cccc%10oc%11cc%12ccccc%12cc%11c9%10)c8)c8ccccc78)cc6)cc5)c5oc6cc7ccccc7cc6c45)c4ccccc34)cccc21. The summed E-state index contributed by atoms with van der Waals surface area (Å²) in [7, 11) is 0. The van der Waals surface area contributed by atoms with E-state index < -0.39 is 0 Å². The van der Waals surface area contributed by atoms with Crippen LogP contribution in [0.5, 0.6) is 0 Å². The van der Waals surface area contributed by atoms with Crippen LogP contribution in [0.2, 0.25) is 0 Å². The molecule has 2 aromatic heterocycles. The Labute approximate surface area is 548 Å². The first-order chi connectivity index (χ1) is 46.9. The third kappa shape index (κ3) is 7.98. The van der Waals surface area contributed by atoms with Crippen LogP contribution in [0.3, 0.4) is 0 Å². The molecule has 1 aliphatic carbocycles. The zero-order valence-corrected chi connectivity index (χ0v) is 52.3. The minimum Gasteiger partial charge on any atom is -0.456 e. The normalized spacial score (nSPS) is 12.8. The van der Waals surface area contributed by atoms with Gasteiger partial charge in [-0.1, -0.05) is 287 Å². The largest absolute Gasteiger partial charge is 0.456 e. The molecule has 442 valence electrons. The van der Waals surface area contributed by atoms with Crippen LogP contribution in [-0.4, -0.2) is 0 Å². The Morgan fingerprint density at radius 1 is 0.211 bits per heavy atom. The molecule has 2 heteroatoms. The lowest BCUT2D eigenvalue weighted by Gasteiger charge is -2.23. The Bertz CT molecular complexity index is 6360. The molecular formula is C93H58O2. The Balaban J connectivity index is 0.688. The molecule has 0 N–H and O–H groups in total. The van der Waals surface area contributed by atoms with Crippen molar-refractivity contribution in [1.82, 2.24) is 0 Å². The van der Waals surface area contributed by atoms with Crippen LogP contribution in [0, 0.1) is 0 Å². The quantitative estimate of drug-likeness (QED) is 0.149. The Hall–Kier alpha value is -12.1. The maximum absolute atomic E-state index is 7.25. The summed E-state index contributed by atoms with van der Waals surface area (Å²) in [5, 5.41) is 19.0. The van der Waals surface area contributed by atoms with Gasteiger partial charge in [0.2, 0.25) is 0 Å². The second-order valence-corrected chi connectivity index (χ2v) is 26.5. The van der Waals surface area contributed by atoms with Gasteiger partial charge in [0, 0.05) is 32.5 Å². The third-order valence-corrected chi connectivity index (χ3v) is 21.0. The molecule has 95 heavy (non-hydrogen) atoms. The van der Waals surface area contributed by atoms with Gasteiger partial charge in [-0.25, -0.2) is 0 Å². The highest BCUT2D eigenvalue weighted by Gasteiger charge is 2.37. The monoisotopic (exact) mass is 1210 g/mol. The van der Waals surface area contributed by atoms with E-state index in [0.717, 1.165) is 88.2 Å². The van der Waals surface area contributed by atoms with E-state index in [9.17, 15) is 0 Å². The maximum atomic E-state index is 7.25. The van der Waals surface area contributed by atoms with Crippen molar-refractivity contribution in [3.8, 4) is 89.0 Å². The van der Waals surface area contributed by atoms with Crippen LogP contribution in [0.15, 0.2) is 324 Å². The predicted molar refractivity (Wildman–Crippen MR) is 402 cm³/mol. The standard InChI is InChI=1S/C93H58O2/c1-93(2)80-37-16-15-34-75(80)89-76(36-18-38-81(89)93)87-71-30-11-13-32-73(71)88(74-33-14-12-31-72(74)87)77-49-48-66(92-91(77)79-52-60-21-4-6-23-62(60)54-84(79)95-92)57-44-40-55(41-45-57)56-42-46-58(47-43-56)85-67-26-7-9-28-69(67)86(70-29-10-8-27-68(70)85)64-25-17-24-63(50-64)65-35-19-39-82-90(65)78-51-59-20-3-5-22-61(59)53-83(78)94-82/h3-54H,1-2H3. The van der Waals surface area contributed by atoms with Crippen molar-refractivity contribution in [2.24, 2.45) is 0 Å². The number of fused-ring (bicyclic) bond motifs is 15. The van der Waals surface area contributed by atoms with Crippen LogP contribution in [-0.2, 0) is 5.41 Å². The summed E-state index contributed by atoms with van der Waals surface area (Å²) in [6.45, 7) is 4.75. The molecular weight excluding hydrogens is 1150 g/mol. The zero-order valence-electron chi connectivity index (χ0n) is 52.3. The molecule has 0 unspecified atom stereocenters. The van der Waals surface area contributed by atoms with Crippen LogP contribution in [0.1, 0.15) is 25.0 Å². The Morgan fingerprint density at radius 3 is 1.22 bits per heavy atom. The van der Waals surface area contributed by atoms with Crippen molar-refractivity contribution < 1.29 is 8.83 Å². The van der Waals surface area contributed by atoms with E-state index in [1.54, 1.807) is 0 Å². The predicted octanol–water partition coefficient (Wildman–Crippen LogP) is 26.4. The second kappa shape index (κ2) is 20.4. The summed E-state index contributed by atoms with van der Waals surface area (Å²) < 4.78 is 13.8. The first-order valence-electron chi connectivity index (χ1n) is 33.0. The van der Waals surface area contributed by atoms with Crippen LogP contribution < -0.4 is 0 Å². The molecule has 0 radical (unpaired) electrons. The summed E-state index contributed by atoms with van der Waals surface area (Å²) in [5.74, 6) is 0. The molecule has 0 fully saturated rings. The van der Waals surface area contributed by atoms with Gasteiger partial charge in [-0.3, -0.25) is 0 Å². The number of hydrogen-bond acceptors (Lipinski definition) is 2. The van der Waals surface area contributed by atoms with Crippen LogP contribution in [0.4, 0.5) is 0 Å². The van der Waals surface area contributed by atoms with Crippen molar-refractivity contribution in [2.45, 2.75) is 19.3 Å². The fourth-order valence-electron chi connectivity index (χ4n) is 16.7. The van der Waals surface area contributed by atoms with Gasteiger partial charge in [-0.05, 0) is 202 Å². The van der Waals surface area contributed by atoms with Crippen molar-refractivity contribution in [1.29, 1.82) is 0 Å². The number of benzene rings is 17. The van der Waals surface area contributed by atoms with Gasteiger partial charge in [-0.2, -0.15) is 0 Å². The highest BCUT2D eigenvalue weighted by atomic mass is 16.3. The molecule has 0 aliphatic heterocycles. The summed E-state index contributed by atoms with van der Waals surface area (Å²) >= 11 is 0. The van der Waals surface area contributed by atoms with Crippen LogP contribution >= 0.6 is 0 Å². The van der Waals surface area contributed by atoms with Gasteiger partial charge < -0.3 is 8.83 Å². The minimum absolute atomic E-state index is 0.120. The number of hydrogen-bond donors (Lipinski definition) is 0. The summed E-state index contributed by atoms with van der Waals surface area (Å²) in [6.07, 6.45) is 0. The van der Waals surface area contributed by atoms with Crippen LogP contribution in [0.25, 0.3) is 198 Å². The summed E-state index contributed by atoms with van der Waals surface area (Å²) in [6, 6.07) is 117. The first kappa shape index (κ1) is 53.6. The lowest BCUT2D eigenvalue weighted by Crippen LogP contribution is -2.14. The van der Waals surface area contributed by atoms with E-state index in [4.69, 9.17) is 8.83 Å². The fourth-order valence-corrected chi connectivity index (χ4v) is 16.7.